The second kappa shape index (κ2) is 10.7. The van der Waals surface area contributed by atoms with Crippen LogP contribution in [0.1, 0.15) is 36.8 Å². The molecule has 0 atom stereocenters. The molecule has 0 aromatic heterocycles. The molecule has 0 spiro atoms. The van der Waals surface area contributed by atoms with Crippen molar-refractivity contribution in [1.29, 1.82) is 0 Å². The molecule has 168 valence electrons. The first kappa shape index (κ1) is 24.0. The van der Waals surface area contributed by atoms with Gasteiger partial charge in [-0.05, 0) is 62.6 Å². The Morgan fingerprint density at radius 2 is 1.81 bits per heavy atom. The molecule has 1 aliphatic carbocycles. The molecule has 1 saturated carbocycles. The summed E-state index contributed by atoms with van der Waals surface area (Å²) in [6.07, 6.45) is 5.07. The predicted molar refractivity (Wildman–Crippen MR) is 130 cm³/mol. The van der Waals surface area contributed by atoms with Crippen molar-refractivity contribution in [2.75, 3.05) is 23.1 Å². The number of hydrogen-bond acceptors (Lipinski definition) is 4. The third kappa shape index (κ3) is 6.40. The molecule has 8 heteroatoms. The van der Waals surface area contributed by atoms with Gasteiger partial charge >= 0.3 is 0 Å². The number of carbonyl (C=O) groups is 1. The van der Waals surface area contributed by atoms with Crippen LogP contribution in [0.3, 0.4) is 0 Å². The molecule has 0 bridgehead atoms. The maximum atomic E-state index is 13.4. The number of aryl methyl sites for hydroxylation is 2. The SMILES string of the molecule is Cc1ccc(S(=O)(=O)N(CC(=O)NCCSC2CCCC2)c2ccc(Cl)cc2C)cc1. The molecule has 0 heterocycles. The third-order valence-electron chi connectivity index (χ3n) is 5.40. The lowest BCUT2D eigenvalue weighted by Gasteiger charge is -2.26. The molecular weight excluding hydrogens is 452 g/mol. The number of benzene rings is 2. The number of hydrogen-bond donors (Lipinski definition) is 1. The van der Waals surface area contributed by atoms with E-state index in [1.165, 1.54) is 30.0 Å². The fourth-order valence-corrected chi connectivity index (χ4v) is 6.63. The van der Waals surface area contributed by atoms with Gasteiger partial charge in [-0.3, -0.25) is 9.10 Å². The molecule has 2 aromatic carbocycles. The van der Waals surface area contributed by atoms with Gasteiger partial charge in [-0.15, -0.1) is 0 Å². The fraction of sp³-hybridized carbons (Fsp3) is 0.435. The van der Waals surface area contributed by atoms with Crippen molar-refractivity contribution in [3.8, 4) is 0 Å². The van der Waals surface area contributed by atoms with Crippen molar-refractivity contribution in [3.05, 3.63) is 58.6 Å². The number of rotatable bonds is 9. The van der Waals surface area contributed by atoms with Crippen LogP contribution < -0.4 is 9.62 Å². The zero-order chi connectivity index (χ0) is 22.4. The highest BCUT2D eigenvalue weighted by Gasteiger charge is 2.28. The minimum Gasteiger partial charge on any atom is -0.354 e. The lowest BCUT2D eigenvalue weighted by atomic mass is 10.2. The second-order valence-electron chi connectivity index (χ2n) is 7.88. The fourth-order valence-electron chi connectivity index (χ4n) is 3.69. The maximum absolute atomic E-state index is 13.4. The molecular formula is C23H29ClN2O3S2. The summed E-state index contributed by atoms with van der Waals surface area (Å²) < 4.78 is 28.0. The Labute approximate surface area is 194 Å². The molecule has 0 saturated heterocycles. The van der Waals surface area contributed by atoms with Crippen molar-refractivity contribution < 1.29 is 13.2 Å². The first-order chi connectivity index (χ1) is 14.8. The van der Waals surface area contributed by atoms with Gasteiger partial charge < -0.3 is 5.32 Å². The Morgan fingerprint density at radius 3 is 2.45 bits per heavy atom. The van der Waals surface area contributed by atoms with E-state index in [2.05, 4.69) is 5.32 Å². The zero-order valence-electron chi connectivity index (χ0n) is 17.9. The number of carbonyl (C=O) groups excluding carboxylic acids is 1. The predicted octanol–water partition coefficient (Wildman–Crippen LogP) is 4.94. The van der Waals surface area contributed by atoms with Crippen molar-refractivity contribution in [3.63, 3.8) is 0 Å². The van der Waals surface area contributed by atoms with E-state index < -0.39 is 10.0 Å². The maximum Gasteiger partial charge on any atom is 0.264 e. The molecule has 5 nitrogen and oxygen atoms in total. The quantitative estimate of drug-likeness (QED) is 0.516. The van der Waals surface area contributed by atoms with E-state index in [-0.39, 0.29) is 17.3 Å². The summed E-state index contributed by atoms with van der Waals surface area (Å²) in [5.74, 6) is 0.512. The van der Waals surface area contributed by atoms with Gasteiger partial charge in [0.1, 0.15) is 6.54 Å². The van der Waals surface area contributed by atoms with E-state index in [9.17, 15) is 13.2 Å². The van der Waals surface area contributed by atoms with E-state index in [4.69, 9.17) is 11.6 Å². The normalized spacial score (nSPS) is 14.5. The number of nitrogens with zero attached hydrogens (tertiary/aromatic N) is 1. The molecule has 1 aliphatic rings. The van der Waals surface area contributed by atoms with Gasteiger partial charge in [0, 0.05) is 22.6 Å². The molecule has 31 heavy (non-hydrogen) atoms. The number of nitrogens with one attached hydrogen (secondary N) is 1. The first-order valence-electron chi connectivity index (χ1n) is 10.5. The Morgan fingerprint density at radius 1 is 1.13 bits per heavy atom. The molecule has 0 radical (unpaired) electrons. The average Bonchev–Trinajstić information content (AvgIpc) is 3.24. The number of amides is 1. The largest absolute Gasteiger partial charge is 0.354 e. The summed E-state index contributed by atoms with van der Waals surface area (Å²) in [7, 11) is -3.92. The van der Waals surface area contributed by atoms with E-state index in [0.717, 1.165) is 11.3 Å². The van der Waals surface area contributed by atoms with Crippen LogP contribution in [-0.4, -0.2) is 38.4 Å². The van der Waals surface area contributed by atoms with Gasteiger partial charge in [-0.1, -0.05) is 42.1 Å². The molecule has 1 fully saturated rings. The van der Waals surface area contributed by atoms with Gasteiger partial charge in [0.25, 0.3) is 10.0 Å². The van der Waals surface area contributed by atoms with Crippen LogP contribution in [0.15, 0.2) is 47.4 Å². The van der Waals surface area contributed by atoms with Crippen LogP contribution in [-0.2, 0) is 14.8 Å². The van der Waals surface area contributed by atoms with Crippen LogP contribution in [0, 0.1) is 13.8 Å². The molecule has 0 unspecified atom stereocenters. The summed E-state index contributed by atoms with van der Waals surface area (Å²) >= 11 is 7.95. The molecule has 2 aromatic rings. The van der Waals surface area contributed by atoms with E-state index >= 15 is 0 Å². The number of thioether (sulfide) groups is 1. The molecule has 0 aliphatic heterocycles. The van der Waals surface area contributed by atoms with E-state index in [0.29, 0.717) is 28.1 Å². The van der Waals surface area contributed by atoms with Crippen LogP contribution in [0.4, 0.5) is 5.69 Å². The Hall–Kier alpha value is -1.70. The van der Waals surface area contributed by atoms with Crippen LogP contribution >= 0.6 is 23.4 Å². The molecule has 1 amide bonds. The Balaban J connectivity index is 1.75. The minimum absolute atomic E-state index is 0.150. The third-order valence-corrected chi connectivity index (χ3v) is 8.80. The Kier molecular flexibility index (Phi) is 8.30. The van der Waals surface area contributed by atoms with Gasteiger partial charge in [-0.25, -0.2) is 8.42 Å². The Bertz CT molecular complexity index is 1000. The molecule has 3 rings (SSSR count). The monoisotopic (exact) mass is 480 g/mol. The topological polar surface area (TPSA) is 66.5 Å². The van der Waals surface area contributed by atoms with Gasteiger partial charge in [0.2, 0.25) is 5.91 Å². The van der Waals surface area contributed by atoms with Crippen molar-refractivity contribution >= 4 is 45.0 Å². The lowest BCUT2D eigenvalue weighted by molar-refractivity contribution is -0.119. The van der Waals surface area contributed by atoms with Crippen LogP contribution in [0.5, 0.6) is 0 Å². The smallest absolute Gasteiger partial charge is 0.264 e. The van der Waals surface area contributed by atoms with E-state index in [1.807, 2.05) is 18.7 Å². The van der Waals surface area contributed by atoms with Gasteiger partial charge in [-0.2, -0.15) is 11.8 Å². The zero-order valence-corrected chi connectivity index (χ0v) is 20.3. The average molecular weight is 481 g/mol. The standard InChI is InChI=1S/C23H29ClN2O3S2/c1-17-7-10-21(11-8-17)31(28,29)26(22-12-9-19(24)15-18(22)2)16-23(27)25-13-14-30-20-5-3-4-6-20/h7-12,15,20H,3-6,13-14,16H2,1-2H3,(H,25,27). The number of halogens is 1. The van der Waals surface area contributed by atoms with Gasteiger partial charge in [0.15, 0.2) is 0 Å². The minimum atomic E-state index is -3.92. The van der Waals surface area contributed by atoms with Crippen LogP contribution in [0.2, 0.25) is 5.02 Å². The highest BCUT2D eigenvalue weighted by Crippen LogP contribution is 2.30. The second-order valence-corrected chi connectivity index (χ2v) is 11.6. The summed E-state index contributed by atoms with van der Waals surface area (Å²) in [6, 6.07) is 11.6. The number of anilines is 1. The van der Waals surface area contributed by atoms with Gasteiger partial charge in [0.05, 0.1) is 10.6 Å². The van der Waals surface area contributed by atoms with Crippen molar-refractivity contribution in [1.82, 2.24) is 5.32 Å². The lowest BCUT2D eigenvalue weighted by Crippen LogP contribution is -2.41. The first-order valence-corrected chi connectivity index (χ1v) is 13.4. The summed E-state index contributed by atoms with van der Waals surface area (Å²) in [4.78, 5) is 12.8. The van der Waals surface area contributed by atoms with Crippen LogP contribution in [0.25, 0.3) is 0 Å². The van der Waals surface area contributed by atoms with Crippen molar-refractivity contribution in [2.45, 2.75) is 49.7 Å². The van der Waals surface area contributed by atoms with E-state index in [1.54, 1.807) is 49.4 Å². The van der Waals surface area contributed by atoms with Crippen molar-refractivity contribution in [2.24, 2.45) is 0 Å². The summed E-state index contributed by atoms with van der Waals surface area (Å²) in [5, 5.41) is 4.08. The summed E-state index contributed by atoms with van der Waals surface area (Å²) in [6.45, 7) is 3.92. The highest BCUT2D eigenvalue weighted by atomic mass is 35.5. The highest BCUT2D eigenvalue weighted by molar-refractivity contribution is 7.99. The number of sulfonamides is 1. The molecule has 1 N–H and O–H groups in total. The summed E-state index contributed by atoms with van der Waals surface area (Å²) in [5.41, 5.74) is 2.10.